The van der Waals surface area contributed by atoms with Gasteiger partial charge in [0.15, 0.2) is 0 Å². The second-order valence-corrected chi connectivity index (χ2v) is 4.31. The minimum atomic E-state index is -0.833. The molecule has 0 spiro atoms. The number of aromatic nitrogens is 7. The van der Waals surface area contributed by atoms with Gasteiger partial charge in [0.25, 0.3) is 5.97 Å². The highest BCUT2D eigenvalue weighted by molar-refractivity contribution is 5.73. The molecule has 4 aromatic rings. The average Bonchev–Trinajstić information content (AvgIpc) is 3.13. The molecule has 3 heterocycles. The van der Waals surface area contributed by atoms with Crippen molar-refractivity contribution in [3.8, 4) is 0 Å². The zero-order valence-electron chi connectivity index (χ0n) is 12.4. The van der Waals surface area contributed by atoms with Crippen molar-refractivity contribution in [2.24, 2.45) is 0 Å². The highest BCUT2D eigenvalue weighted by Gasteiger charge is 2.00. The van der Waals surface area contributed by atoms with E-state index in [4.69, 9.17) is 20.3 Å². The Morgan fingerprint density at radius 1 is 0.958 bits per heavy atom. The number of rotatable bonds is 0. The fourth-order valence-corrected chi connectivity index (χ4v) is 1.61. The van der Waals surface area contributed by atoms with Crippen LogP contribution in [0.2, 0.25) is 0 Å². The Bertz CT molecular complexity index is 873. The lowest BCUT2D eigenvalue weighted by Gasteiger charge is -1.85. The number of carbonyl (C=O) groups is 1. The fraction of sp³-hybridized carbons (Fsp3) is 0.0769. The van der Waals surface area contributed by atoms with Gasteiger partial charge in [-0.3, -0.25) is 4.79 Å². The van der Waals surface area contributed by atoms with E-state index in [-0.39, 0.29) is 0 Å². The molecule has 1 aromatic carbocycles. The fourth-order valence-electron chi connectivity index (χ4n) is 1.61. The Balaban J connectivity index is 0.000000143. The van der Waals surface area contributed by atoms with Gasteiger partial charge in [0.1, 0.15) is 16.6 Å². The molecule has 11 heteroatoms. The number of fused-ring (bicyclic) bond motifs is 2. The molecular formula is C13H13N7O4. The van der Waals surface area contributed by atoms with Crippen molar-refractivity contribution in [1.82, 2.24) is 35.3 Å². The maximum atomic E-state index is 9.00. The van der Waals surface area contributed by atoms with Gasteiger partial charge in [-0.05, 0) is 34.7 Å². The van der Waals surface area contributed by atoms with E-state index in [0.29, 0.717) is 27.0 Å². The zero-order chi connectivity index (χ0) is 17.5. The maximum Gasteiger partial charge on any atom is 0.300 e. The SMILES string of the molecule is CC(=O)O.On1nnc2ccccc21.On1nnc2cccnc21. The second kappa shape index (κ2) is 7.49. The number of nitrogens with zero attached hydrogens (tertiary/aromatic N) is 7. The van der Waals surface area contributed by atoms with Gasteiger partial charge in [-0.2, -0.15) is 0 Å². The van der Waals surface area contributed by atoms with Gasteiger partial charge in [0.2, 0.25) is 5.65 Å². The first-order valence-corrected chi connectivity index (χ1v) is 6.54. The van der Waals surface area contributed by atoms with Gasteiger partial charge in [0, 0.05) is 13.1 Å². The predicted molar refractivity (Wildman–Crippen MR) is 80.5 cm³/mol. The smallest absolute Gasteiger partial charge is 0.300 e. The normalized spacial score (nSPS) is 9.71. The lowest BCUT2D eigenvalue weighted by molar-refractivity contribution is -0.134. The molecule has 0 fully saturated rings. The third kappa shape index (κ3) is 4.13. The van der Waals surface area contributed by atoms with Crippen molar-refractivity contribution in [2.45, 2.75) is 6.92 Å². The summed E-state index contributed by atoms with van der Waals surface area (Å²) in [6.45, 7) is 1.08. The van der Waals surface area contributed by atoms with Gasteiger partial charge in [-0.25, -0.2) is 4.98 Å². The summed E-state index contributed by atoms with van der Waals surface area (Å²) in [5, 5.41) is 39.3. The van der Waals surface area contributed by atoms with Crippen LogP contribution in [-0.2, 0) is 4.79 Å². The molecule has 4 rings (SSSR count). The summed E-state index contributed by atoms with van der Waals surface area (Å²) >= 11 is 0. The number of carboxylic acid groups (broad SMARTS) is 1. The van der Waals surface area contributed by atoms with E-state index >= 15 is 0 Å². The van der Waals surface area contributed by atoms with Crippen molar-refractivity contribution >= 4 is 28.2 Å². The average molecular weight is 331 g/mol. The topological polar surface area (TPSA) is 152 Å². The van der Waals surface area contributed by atoms with Gasteiger partial charge >= 0.3 is 0 Å². The van der Waals surface area contributed by atoms with Crippen molar-refractivity contribution < 1.29 is 20.3 Å². The van der Waals surface area contributed by atoms with E-state index in [2.05, 4.69) is 25.6 Å². The number of benzene rings is 1. The molecule has 0 aliphatic rings. The Hall–Kier alpha value is -3.76. The van der Waals surface area contributed by atoms with Crippen molar-refractivity contribution in [3.05, 3.63) is 42.6 Å². The largest absolute Gasteiger partial charge is 0.481 e. The summed E-state index contributed by atoms with van der Waals surface area (Å²) < 4.78 is 0. The molecule has 0 atom stereocenters. The summed E-state index contributed by atoms with van der Waals surface area (Å²) in [5.74, 6) is -0.833. The molecule has 0 aliphatic heterocycles. The summed E-state index contributed by atoms with van der Waals surface area (Å²) in [4.78, 5) is 14.2. The molecule has 3 aromatic heterocycles. The first-order valence-electron chi connectivity index (χ1n) is 6.54. The third-order valence-electron chi connectivity index (χ3n) is 2.53. The van der Waals surface area contributed by atoms with Crippen LogP contribution in [0, 0.1) is 0 Å². The molecule has 24 heavy (non-hydrogen) atoms. The highest BCUT2D eigenvalue weighted by Crippen LogP contribution is 2.06. The number of hydrogen-bond donors (Lipinski definition) is 3. The van der Waals surface area contributed by atoms with E-state index < -0.39 is 5.97 Å². The molecule has 0 amide bonds. The van der Waals surface area contributed by atoms with Crippen LogP contribution in [0.15, 0.2) is 42.6 Å². The van der Waals surface area contributed by atoms with Crippen molar-refractivity contribution in [2.75, 3.05) is 0 Å². The van der Waals surface area contributed by atoms with E-state index in [0.717, 1.165) is 11.8 Å². The van der Waals surface area contributed by atoms with Crippen molar-refractivity contribution in [3.63, 3.8) is 0 Å². The molecule has 0 radical (unpaired) electrons. The van der Waals surface area contributed by atoms with Gasteiger partial charge in [-0.1, -0.05) is 21.8 Å². The van der Waals surface area contributed by atoms with Crippen molar-refractivity contribution in [1.29, 1.82) is 0 Å². The second-order valence-electron chi connectivity index (χ2n) is 4.31. The quantitative estimate of drug-likeness (QED) is 0.397. The Morgan fingerprint density at radius 2 is 1.54 bits per heavy atom. The summed E-state index contributed by atoms with van der Waals surface area (Å²) in [5.41, 5.74) is 2.29. The van der Waals surface area contributed by atoms with E-state index in [1.54, 1.807) is 30.5 Å². The van der Waals surface area contributed by atoms with E-state index in [9.17, 15) is 0 Å². The summed E-state index contributed by atoms with van der Waals surface area (Å²) in [6, 6.07) is 10.7. The Kier molecular flexibility index (Phi) is 5.18. The zero-order valence-corrected chi connectivity index (χ0v) is 12.4. The number of aliphatic carboxylic acids is 1. The number of hydrogen-bond acceptors (Lipinski definition) is 8. The molecule has 124 valence electrons. The van der Waals surface area contributed by atoms with Gasteiger partial charge in [0.05, 0.1) is 0 Å². The molecule has 0 saturated heterocycles. The number of pyridine rings is 1. The van der Waals surface area contributed by atoms with Crippen LogP contribution in [0.25, 0.3) is 22.2 Å². The number of para-hydroxylation sites is 1. The first-order chi connectivity index (χ1) is 11.5. The van der Waals surface area contributed by atoms with Crippen LogP contribution in [-0.4, -0.2) is 56.8 Å². The highest BCUT2D eigenvalue weighted by atomic mass is 16.5. The van der Waals surface area contributed by atoms with Crippen LogP contribution in [0.3, 0.4) is 0 Å². The third-order valence-corrected chi connectivity index (χ3v) is 2.53. The minimum absolute atomic E-state index is 0.377. The minimum Gasteiger partial charge on any atom is -0.481 e. The first kappa shape index (κ1) is 16.6. The Labute approximate surface area is 134 Å². The monoisotopic (exact) mass is 331 g/mol. The maximum absolute atomic E-state index is 9.00. The molecule has 0 aliphatic carbocycles. The molecule has 0 bridgehead atoms. The van der Waals surface area contributed by atoms with Crippen LogP contribution < -0.4 is 0 Å². The summed E-state index contributed by atoms with van der Waals surface area (Å²) in [6.07, 6.45) is 1.57. The van der Waals surface area contributed by atoms with Crippen LogP contribution >= 0.6 is 0 Å². The Morgan fingerprint density at radius 3 is 2.21 bits per heavy atom. The molecule has 0 unspecified atom stereocenters. The van der Waals surface area contributed by atoms with Gasteiger partial charge in [-0.15, -0.1) is 10.2 Å². The van der Waals surface area contributed by atoms with Crippen LogP contribution in [0.4, 0.5) is 0 Å². The molecule has 3 N–H and O–H groups in total. The molecule has 11 nitrogen and oxygen atoms in total. The summed E-state index contributed by atoms with van der Waals surface area (Å²) in [7, 11) is 0. The van der Waals surface area contributed by atoms with Crippen LogP contribution in [0.1, 0.15) is 6.92 Å². The molecule has 0 saturated carbocycles. The predicted octanol–water partition coefficient (Wildman–Crippen LogP) is 0.823. The number of carboxylic acids is 1. The van der Waals surface area contributed by atoms with Crippen LogP contribution in [0.5, 0.6) is 0 Å². The van der Waals surface area contributed by atoms with E-state index in [1.165, 1.54) is 0 Å². The molecular weight excluding hydrogens is 318 g/mol. The van der Waals surface area contributed by atoms with E-state index in [1.807, 2.05) is 12.1 Å². The lowest BCUT2D eigenvalue weighted by Crippen LogP contribution is -1.92. The lowest BCUT2D eigenvalue weighted by atomic mass is 10.3. The standard InChI is InChI=1S/C6H5N3O.C5H4N4O.C2H4O2/c10-9-6-4-2-1-3-5(6)7-8-9;10-9-5-4(7-8-9)2-1-3-6-5;1-2(3)4/h1-4,10H;1-3,10H;1H3,(H,3,4). The van der Waals surface area contributed by atoms with Gasteiger partial charge < -0.3 is 15.5 Å².